The van der Waals surface area contributed by atoms with Gasteiger partial charge in [0.15, 0.2) is 6.29 Å². The van der Waals surface area contributed by atoms with Gasteiger partial charge in [0.25, 0.3) is 0 Å². The Balaban J connectivity index is 1.83. The third-order valence-electron chi connectivity index (χ3n) is 20.1. The Morgan fingerprint density at radius 2 is 0.681 bits per heavy atom. The molecule has 0 aliphatic carbocycles. The highest BCUT2D eigenvalue weighted by Crippen LogP contribution is 2.24. The fourth-order valence-electron chi connectivity index (χ4n) is 13.6. The van der Waals surface area contributed by atoms with Crippen LogP contribution in [0.3, 0.4) is 0 Å². The van der Waals surface area contributed by atoms with Crippen LogP contribution in [0.4, 0.5) is 0 Å². The molecule has 1 aliphatic heterocycles. The Bertz CT molecular complexity index is 1610. The number of ether oxygens (including phenoxy) is 3. The van der Waals surface area contributed by atoms with E-state index in [1.165, 1.54) is 353 Å². The average molecular weight is 1330 g/mol. The fourth-order valence-corrected chi connectivity index (χ4v) is 13.6. The van der Waals surface area contributed by atoms with Crippen molar-refractivity contribution in [2.45, 2.75) is 474 Å². The van der Waals surface area contributed by atoms with Gasteiger partial charge in [-0.15, -0.1) is 0 Å². The quantitative estimate of drug-likeness (QED) is 0.0195. The van der Waals surface area contributed by atoms with Crippen LogP contribution in [0.25, 0.3) is 0 Å². The summed E-state index contributed by atoms with van der Waals surface area (Å²) >= 11 is 0. The average Bonchev–Trinajstić information content (AvgIpc) is 1.07. The van der Waals surface area contributed by atoms with Crippen LogP contribution in [0.15, 0.2) is 24.3 Å². The molecular weight excluding hydrogens is 1170 g/mol. The zero-order valence-electron chi connectivity index (χ0n) is 62.2. The van der Waals surface area contributed by atoms with E-state index in [-0.39, 0.29) is 18.5 Å². The highest BCUT2D eigenvalue weighted by Gasteiger charge is 2.44. The van der Waals surface area contributed by atoms with Crippen LogP contribution in [-0.4, -0.2) is 100 Å². The lowest BCUT2D eigenvalue weighted by molar-refractivity contribution is -0.302. The number of carbonyl (C=O) groups is 2. The lowest BCUT2D eigenvalue weighted by Gasteiger charge is -2.40. The van der Waals surface area contributed by atoms with Crippen molar-refractivity contribution in [2.24, 2.45) is 0 Å². The molecule has 94 heavy (non-hydrogen) atoms. The summed E-state index contributed by atoms with van der Waals surface area (Å²) in [6, 6.07) is -0.804. The van der Waals surface area contributed by atoms with Crippen LogP contribution in [0.5, 0.6) is 0 Å². The summed E-state index contributed by atoms with van der Waals surface area (Å²) in [5.41, 5.74) is 0. The van der Waals surface area contributed by atoms with E-state index in [2.05, 4.69) is 31.3 Å². The fraction of sp³-hybridized carbons (Fsp3) is 0.928. The number of unbranched alkanes of at least 4 members (excludes halogenated alkanes) is 59. The molecule has 11 heteroatoms. The Hall–Kier alpha value is -1.86. The Kier molecular flexibility index (Phi) is 69.4. The van der Waals surface area contributed by atoms with Gasteiger partial charge in [-0.05, 0) is 57.8 Å². The Labute approximate surface area is 581 Å². The number of aliphatic hydroxyl groups excluding tert-OH is 5. The van der Waals surface area contributed by atoms with Crippen molar-refractivity contribution in [1.82, 2.24) is 5.32 Å². The number of rotatable bonds is 75. The second-order valence-electron chi connectivity index (χ2n) is 29.2. The van der Waals surface area contributed by atoms with Crippen molar-refractivity contribution in [2.75, 3.05) is 19.8 Å². The SMILES string of the molecule is CCCCCCCC/C=C\CCCCCCCCCCCC(=O)OCCCCCCCCCCCCCCCCCCCCCCCCCCCCCCCCCCCCCCCC(=O)NC(COC1OC(CO)C(O)C(O)C1O)C(O)/C=C/CCCCCCCCCC. The van der Waals surface area contributed by atoms with Gasteiger partial charge >= 0.3 is 5.97 Å². The minimum absolute atomic E-state index is 0.0178. The van der Waals surface area contributed by atoms with Gasteiger partial charge in [0.05, 0.1) is 32.0 Å². The van der Waals surface area contributed by atoms with Crippen molar-refractivity contribution < 1.29 is 49.3 Å². The van der Waals surface area contributed by atoms with Gasteiger partial charge in [-0.3, -0.25) is 9.59 Å². The molecule has 7 unspecified atom stereocenters. The molecular formula is C83H159NO10. The van der Waals surface area contributed by atoms with Gasteiger partial charge in [0.2, 0.25) is 5.91 Å². The van der Waals surface area contributed by atoms with Crippen molar-refractivity contribution in [3.63, 3.8) is 0 Å². The van der Waals surface area contributed by atoms with E-state index in [0.717, 1.165) is 51.4 Å². The highest BCUT2D eigenvalue weighted by molar-refractivity contribution is 5.76. The summed E-state index contributed by atoms with van der Waals surface area (Å²) in [5, 5.41) is 54.4. The van der Waals surface area contributed by atoms with E-state index in [4.69, 9.17) is 14.2 Å². The molecule has 0 aromatic rings. The van der Waals surface area contributed by atoms with Gasteiger partial charge in [-0.2, -0.15) is 0 Å². The molecule has 6 N–H and O–H groups in total. The Morgan fingerprint density at radius 3 is 1.02 bits per heavy atom. The summed E-state index contributed by atoms with van der Waals surface area (Å²) in [6.07, 6.45) is 83.8. The van der Waals surface area contributed by atoms with Crippen LogP contribution < -0.4 is 5.32 Å². The first-order valence-corrected chi connectivity index (χ1v) is 41.6. The zero-order valence-corrected chi connectivity index (χ0v) is 62.2. The lowest BCUT2D eigenvalue weighted by atomic mass is 9.99. The molecule has 0 saturated carbocycles. The van der Waals surface area contributed by atoms with E-state index in [0.29, 0.717) is 19.4 Å². The number of nitrogens with one attached hydrogen (secondary N) is 1. The minimum atomic E-state index is -1.57. The van der Waals surface area contributed by atoms with Crippen molar-refractivity contribution >= 4 is 11.9 Å². The molecule has 1 rings (SSSR count). The maximum Gasteiger partial charge on any atom is 0.305 e. The number of carbonyl (C=O) groups excluding carboxylic acids is 2. The third-order valence-corrected chi connectivity index (χ3v) is 20.1. The third kappa shape index (κ3) is 60.1. The molecule has 7 atom stereocenters. The summed E-state index contributed by atoms with van der Waals surface area (Å²) in [7, 11) is 0. The number of hydrogen-bond acceptors (Lipinski definition) is 10. The molecule has 1 amide bonds. The summed E-state index contributed by atoms with van der Waals surface area (Å²) in [5.74, 6) is -0.157. The van der Waals surface area contributed by atoms with Gasteiger partial charge in [0.1, 0.15) is 24.4 Å². The first-order valence-electron chi connectivity index (χ1n) is 41.6. The molecule has 11 nitrogen and oxygen atoms in total. The van der Waals surface area contributed by atoms with Crippen LogP contribution in [0.2, 0.25) is 0 Å². The molecule has 556 valence electrons. The highest BCUT2D eigenvalue weighted by atomic mass is 16.7. The van der Waals surface area contributed by atoms with Gasteiger partial charge in [-0.1, -0.05) is 385 Å². The second kappa shape index (κ2) is 72.4. The number of aliphatic hydroxyl groups is 5. The van der Waals surface area contributed by atoms with Gasteiger partial charge < -0.3 is 45.1 Å². The van der Waals surface area contributed by atoms with Gasteiger partial charge in [-0.25, -0.2) is 0 Å². The van der Waals surface area contributed by atoms with Gasteiger partial charge in [0, 0.05) is 12.8 Å². The van der Waals surface area contributed by atoms with Crippen LogP contribution in [0, 0.1) is 0 Å². The van der Waals surface area contributed by atoms with Crippen molar-refractivity contribution in [3.05, 3.63) is 24.3 Å². The summed E-state index contributed by atoms with van der Waals surface area (Å²) in [6.45, 7) is 4.38. The molecule has 0 aromatic carbocycles. The van der Waals surface area contributed by atoms with E-state index >= 15 is 0 Å². The molecule has 0 aromatic heterocycles. The number of allylic oxidation sites excluding steroid dienone is 3. The maximum atomic E-state index is 13.1. The zero-order chi connectivity index (χ0) is 67.9. The monoisotopic (exact) mass is 1330 g/mol. The molecule has 1 heterocycles. The summed E-state index contributed by atoms with van der Waals surface area (Å²) < 4.78 is 16.8. The van der Waals surface area contributed by atoms with E-state index in [1.54, 1.807) is 6.08 Å². The molecule has 1 aliphatic rings. The first kappa shape index (κ1) is 90.2. The van der Waals surface area contributed by atoms with E-state index < -0.39 is 49.5 Å². The maximum absolute atomic E-state index is 13.1. The topological polar surface area (TPSA) is 175 Å². The molecule has 1 saturated heterocycles. The smallest absolute Gasteiger partial charge is 0.305 e. The number of hydrogen-bond donors (Lipinski definition) is 6. The first-order chi connectivity index (χ1) is 46.2. The van der Waals surface area contributed by atoms with Crippen LogP contribution in [0.1, 0.15) is 431 Å². The molecule has 0 spiro atoms. The predicted molar refractivity (Wildman–Crippen MR) is 398 cm³/mol. The normalized spacial score (nSPS) is 17.5. The van der Waals surface area contributed by atoms with Crippen LogP contribution in [-0.2, 0) is 23.8 Å². The minimum Gasteiger partial charge on any atom is -0.466 e. The number of esters is 1. The lowest BCUT2D eigenvalue weighted by Crippen LogP contribution is -2.60. The number of amides is 1. The summed E-state index contributed by atoms with van der Waals surface area (Å²) in [4.78, 5) is 25.2. The van der Waals surface area contributed by atoms with E-state index in [1.807, 2.05) is 6.08 Å². The largest absolute Gasteiger partial charge is 0.466 e. The predicted octanol–water partition coefficient (Wildman–Crippen LogP) is 22.7. The second-order valence-corrected chi connectivity index (χ2v) is 29.2. The van der Waals surface area contributed by atoms with Crippen LogP contribution >= 0.6 is 0 Å². The molecule has 0 radical (unpaired) electrons. The van der Waals surface area contributed by atoms with Crippen molar-refractivity contribution in [1.29, 1.82) is 0 Å². The standard InChI is InChI=1S/C83H159NO10/c1-3-5-7-9-11-13-15-16-17-18-38-42-45-48-51-55-59-63-67-71-79(88)92-72-68-64-60-56-52-49-46-43-40-37-35-33-31-29-27-25-23-21-19-20-22-24-26-28-30-32-34-36-39-41-44-47-50-54-58-62-66-70-78(87)84-75(74-93-83-82(91)81(90)80(89)77(73-85)94-83)76(86)69-65-61-57-53-14-12-10-8-6-4-2/h16-17,65,69,75-77,80-83,85-86,89-91H,3-15,18-64,66-68,70-74H2,1-2H3,(H,84,87)/b17-16-,69-65+. The van der Waals surface area contributed by atoms with Crippen molar-refractivity contribution in [3.8, 4) is 0 Å². The van der Waals surface area contributed by atoms with E-state index in [9.17, 15) is 35.1 Å². The Morgan fingerprint density at radius 1 is 0.383 bits per heavy atom. The molecule has 0 bridgehead atoms. The molecule has 1 fully saturated rings.